The van der Waals surface area contributed by atoms with Gasteiger partial charge < -0.3 is 0 Å². The maximum Gasteiger partial charge on any atom is 0.267 e. The molecule has 0 spiro atoms. The number of alkyl halides is 1. The Morgan fingerprint density at radius 2 is 1.23 bits per heavy atom. The second kappa shape index (κ2) is 15.6. The van der Waals surface area contributed by atoms with Crippen LogP contribution in [0.4, 0.5) is 5.69 Å². The van der Waals surface area contributed by atoms with E-state index in [1.807, 2.05) is 30.3 Å². The number of carbonyl (C=O) groups excluding carboxylic acids is 1. The fourth-order valence-corrected chi connectivity index (χ4v) is 4.60. The highest BCUT2D eigenvalue weighted by molar-refractivity contribution is 9.10. The van der Waals surface area contributed by atoms with E-state index in [0.29, 0.717) is 0 Å². The Labute approximate surface area is 192 Å². The van der Waals surface area contributed by atoms with E-state index >= 15 is 0 Å². The van der Waals surface area contributed by atoms with Crippen molar-refractivity contribution in [2.24, 2.45) is 5.10 Å². The predicted octanol–water partition coefficient (Wildman–Crippen LogP) is 8.41. The summed E-state index contributed by atoms with van der Waals surface area (Å²) in [5, 5.41) is 6.12. The summed E-state index contributed by atoms with van der Waals surface area (Å²) >= 11 is 3.53. The van der Waals surface area contributed by atoms with Gasteiger partial charge in [0.25, 0.3) is 5.91 Å². The SMILES string of the molecule is CCCCCCCCCCCCCCCCCC1=NN(c2ccccc2)C(=O)[C@H]1Br. The highest BCUT2D eigenvalue weighted by Gasteiger charge is 2.33. The molecule has 1 atom stereocenters. The molecule has 0 fully saturated rings. The highest BCUT2D eigenvalue weighted by Crippen LogP contribution is 2.26. The molecule has 0 bridgehead atoms. The number of hydrazone groups is 1. The molecule has 4 heteroatoms. The smallest absolute Gasteiger partial charge is 0.267 e. The zero-order valence-electron chi connectivity index (χ0n) is 19.0. The number of halogens is 1. The average Bonchev–Trinajstić information content (AvgIpc) is 3.05. The van der Waals surface area contributed by atoms with E-state index in [9.17, 15) is 4.79 Å². The van der Waals surface area contributed by atoms with E-state index in [-0.39, 0.29) is 10.7 Å². The van der Waals surface area contributed by atoms with E-state index in [1.54, 1.807) is 5.01 Å². The second-order valence-electron chi connectivity index (χ2n) is 8.64. The molecule has 1 aromatic rings. The third-order valence-electron chi connectivity index (χ3n) is 5.98. The predicted molar refractivity (Wildman–Crippen MR) is 134 cm³/mol. The van der Waals surface area contributed by atoms with Crippen molar-refractivity contribution in [3.63, 3.8) is 0 Å². The van der Waals surface area contributed by atoms with Gasteiger partial charge in [0.15, 0.2) is 0 Å². The fraction of sp³-hybridized carbons (Fsp3) is 0.692. The van der Waals surface area contributed by atoms with Crippen LogP contribution in [0.5, 0.6) is 0 Å². The first-order valence-electron chi connectivity index (χ1n) is 12.3. The van der Waals surface area contributed by atoms with Crippen molar-refractivity contribution in [1.29, 1.82) is 0 Å². The third-order valence-corrected chi connectivity index (χ3v) is 6.90. The zero-order valence-corrected chi connectivity index (χ0v) is 20.5. The lowest BCUT2D eigenvalue weighted by Gasteiger charge is -2.11. The molecule has 0 saturated heterocycles. The lowest BCUT2D eigenvalue weighted by Crippen LogP contribution is -2.27. The van der Waals surface area contributed by atoms with Crippen LogP contribution in [0.3, 0.4) is 0 Å². The molecule has 0 aromatic heterocycles. The van der Waals surface area contributed by atoms with Crippen molar-refractivity contribution in [3.05, 3.63) is 30.3 Å². The van der Waals surface area contributed by atoms with Crippen molar-refractivity contribution < 1.29 is 4.79 Å². The quantitative estimate of drug-likeness (QED) is 0.164. The fourth-order valence-electron chi connectivity index (χ4n) is 4.09. The molecule has 0 unspecified atom stereocenters. The molecule has 0 saturated carbocycles. The molecule has 1 heterocycles. The molecule has 1 aliphatic rings. The van der Waals surface area contributed by atoms with Gasteiger partial charge in [0.2, 0.25) is 0 Å². The van der Waals surface area contributed by atoms with Gasteiger partial charge >= 0.3 is 0 Å². The second-order valence-corrected chi connectivity index (χ2v) is 9.55. The van der Waals surface area contributed by atoms with E-state index in [0.717, 1.165) is 24.2 Å². The standard InChI is InChI=1S/C26H41BrN2O/c1-2-3-4-5-6-7-8-9-10-11-12-13-14-15-19-22-24-25(27)26(30)29(28-24)23-20-17-16-18-21-23/h16-18,20-21,25H,2-15,19,22H2,1H3/t25-/m0/s1. The van der Waals surface area contributed by atoms with Gasteiger partial charge in [0.05, 0.1) is 11.4 Å². The average molecular weight is 478 g/mol. The highest BCUT2D eigenvalue weighted by atomic mass is 79.9. The van der Waals surface area contributed by atoms with Gasteiger partial charge in [-0.15, -0.1) is 0 Å². The third kappa shape index (κ3) is 9.32. The van der Waals surface area contributed by atoms with Gasteiger partial charge in [0, 0.05) is 0 Å². The van der Waals surface area contributed by atoms with E-state index in [2.05, 4.69) is 28.0 Å². The number of benzene rings is 1. The number of unbranched alkanes of at least 4 members (excludes halogenated alkanes) is 14. The van der Waals surface area contributed by atoms with Crippen LogP contribution in [0.1, 0.15) is 110 Å². The minimum Gasteiger partial charge on any atom is -0.271 e. The number of nitrogens with zero attached hydrogens (tertiary/aromatic N) is 2. The van der Waals surface area contributed by atoms with Gasteiger partial charge in [-0.1, -0.05) is 131 Å². The Morgan fingerprint density at radius 1 is 0.767 bits per heavy atom. The first-order chi connectivity index (χ1) is 14.7. The molecule has 0 aliphatic carbocycles. The molecule has 2 rings (SSSR count). The summed E-state index contributed by atoms with van der Waals surface area (Å²) in [6, 6.07) is 9.69. The molecular weight excluding hydrogens is 436 g/mol. The summed E-state index contributed by atoms with van der Waals surface area (Å²) < 4.78 is 0. The number of hydrogen-bond acceptors (Lipinski definition) is 2. The lowest BCUT2D eigenvalue weighted by molar-refractivity contribution is -0.116. The topological polar surface area (TPSA) is 32.7 Å². The number of carbonyl (C=O) groups is 1. The molecule has 1 amide bonds. The molecule has 30 heavy (non-hydrogen) atoms. The maximum absolute atomic E-state index is 12.4. The zero-order chi connectivity index (χ0) is 21.4. The van der Waals surface area contributed by atoms with Crippen LogP contribution < -0.4 is 5.01 Å². The van der Waals surface area contributed by atoms with Crippen molar-refractivity contribution in [2.75, 3.05) is 5.01 Å². The first kappa shape index (κ1) is 25.1. The van der Waals surface area contributed by atoms with Crippen LogP contribution in [0, 0.1) is 0 Å². The van der Waals surface area contributed by atoms with Gasteiger partial charge in [-0.3, -0.25) is 4.79 Å². The van der Waals surface area contributed by atoms with Crippen LogP contribution in [-0.2, 0) is 4.79 Å². The number of anilines is 1. The molecule has 168 valence electrons. The first-order valence-corrected chi connectivity index (χ1v) is 13.3. The molecule has 1 aliphatic heterocycles. The Balaban J connectivity index is 1.45. The summed E-state index contributed by atoms with van der Waals surface area (Å²) in [6.45, 7) is 2.28. The van der Waals surface area contributed by atoms with Gasteiger partial charge in [-0.05, 0) is 25.0 Å². The Hall–Kier alpha value is -1.16. The Bertz CT molecular complexity index is 617. The Morgan fingerprint density at radius 3 is 1.73 bits per heavy atom. The van der Waals surface area contributed by atoms with E-state index < -0.39 is 0 Å². The van der Waals surface area contributed by atoms with Gasteiger partial charge in [-0.25, -0.2) is 0 Å². The van der Waals surface area contributed by atoms with E-state index in [4.69, 9.17) is 0 Å². The monoisotopic (exact) mass is 476 g/mol. The molecule has 1 aromatic carbocycles. The largest absolute Gasteiger partial charge is 0.271 e. The van der Waals surface area contributed by atoms with Gasteiger partial charge in [0.1, 0.15) is 4.83 Å². The van der Waals surface area contributed by atoms with Crippen LogP contribution in [0.25, 0.3) is 0 Å². The van der Waals surface area contributed by atoms with Gasteiger partial charge in [-0.2, -0.15) is 10.1 Å². The summed E-state index contributed by atoms with van der Waals surface area (Å²) in [5.74, 6) is 0.0251. The minimum absolute atomic E-state index is 0.0251. The number of hydrogen-bond donors (Lipinski definition) is 0. The molecular formula is C26H41BrN2O. The Kier molecular flexibility index (Phi) is 13.1. The summed E-state index contributed by atoms with van der Waals surface area (Å²) in [6.07, 6.45) is 21.4. The van der Waals surface area contributed by atoms with Crippen LogP contribution >= 0.6 is 15.9 Å². The minimum atomic E-state index is -0.260. The molecule has 3 nitrogen and oxygen atoms in total. The lowest BCUT2D eigenvalue weighted by atomic mass is 10.0. The van der Waals surface area contributed by atoms with Crippen molar-refractivity contribution in [1.82, 2.24) is 0 Å². The van der Waals surface area contributed by atoms with Crippen LogP contribution in [0.2, 0.25) is 0 Å². The van der Waals surface area contributed by atoms with Crippen molar-refractivity contribution >= 4 is 33.2 Å². The number of para-hydroxylation sites is 1. The van der Waals surface area contributed by atoms with Crippen molar-refractivity contribution in [2.45, 2.75) is 114 Å². The van der Waals surface area contributed by atoms with Crippen LogP contribution in [-0.4, -0.2) is 16.4 Å². The maximum atomic E-state index is 12.4. The van der Waals surface area contributed by atoms with Crippen molar-refractivity contribution in [3.8, 4) is 0 Å². The molecule has 0 N–H and O–H groups in total. The number of amides is 1. The summed E-state index contributed by atoms with van der Waals surface area (Å²) in [5.41, 5.74) is 1.82. The number of rotatable bonds is 17. The molecule has 0 radical (unpaired) electrons. The van der Waals surface area contributed by atoms with Crippen LogP contribution in [0.15, 0.2) is 35.4 Å². The normalized spacial score (nSPS) is 16.3. The summed E-state index contributed by atoms with van der Waals surface area (Å²) in [4.78, 5) is 12.2. The van der Waals surface area contributed by atoms with E-state index in [1.165, 1.54) is 89.9 Å². The summed E-state index contributed by atoms with van der Waals surface area (Å²) in [7, 11) is 0.